The van der Waals surface area contributed by atoms with Gasteiger partial charge in [0, 0.05) is 33.8 Å². The molecule has 0 atom stereocenters. The fourth-order valence-corrected chi connectivity index (χ4v) is 4.82. The molecular weight excluding hydrogens is 558 g/mol. The van der Waals surface area contributed by atoms with Crippen LogP contribution in [0.3, 0.4) is 0 Å². The van der Waals surface area contributed by atoms with Gasteiger partial charge in [-0.25, -0.2) is 0 Å². The first kappa shape index (κ1) is 33.2. The normalized spacial score (nSPS) is 11.9. The second-order valence-corrected chi connectivity index (χ2v) is 14.7. The molecule has 45 heavy (non-hydrogen) atoms. The predicted octanol–water partition coefficient (Wildman–Crippen LogP) is 9.34. The van der Waals surface area contributed by atoms with Crippen LogP contribution in [0.4, 0.5) is 17.1 Å². The molecule has 234 valence electrons. The highest BCUT2D eigenvalue weighted by molar-refractivity contribution is 6.13. The first-order chi connectivity index (χ1) is 20.9. The van der Waals surface area contributed by atoms with Crippen LogP contribution in [-0.4, -0.2) is 17.7 Å². The highest BCUT2D eigenvalue weighted by Crippen LogP contribution is 2.28. The maximum Gasteiger partial charge on any atom is 0.255 e. The van der Waals surface area contributed by atoms with E-state index in [-0.39, 0.29) is 32.9 Å². The monoisotopic (exact) mass is 603 g/mol. The summed E-state index contributed by atoms with van der Waals surface area (Å²) < 4.78 is 0. The molecule has 0 aliphatic rings. The topological polar surface area (TPSA) is 87.3 Å². The Kier molecular flexibility index (Phi) is 9.38. The van der Waals surface area contributed by atoms with E-state index in [4.69, 9.17) is 0 Å². The van der Waals surface area contributed by atoms with Crippen LogP contribution in [0.5, 0.6) is 0 Å². The highest BCUT2D eigenvalue weighted by atomic mass is 16.2. The predicted molar refractivity (Wildman–Crippen MR) is 186 cm³/mol. The fraction of sp³-hybridized carbons (Fsp3) is 0.308. The molecule has 6 nitrogen and oxygen atoms in total. The average Bonchev–Trinajstić information content (AvgIpc) is 2.96. The Hall–Kier alpha value is -4.71. The quantitative estimate of drug-likeness (QED) is 0.205. The van der Waals surface area contributed by atoms with Crippen LogP contribution in [0.1, 0.15) is 110 Å². The van der Waals surface area contributed by atoms with Gasteiger partial charge < -0.3 is 16.0 Å². The lowest BCUT2D eigenvalue weighted by Crippen LogP contribution is -2.20. The third kappa shape index (κ3) is 8.69. The summed E-state index contributed by atoms with van der Waals surface area (Å²) >= 11 is 0. The number of hydrogen-bond acceptors (Lipinski definition) is 3. The average molecular weight is 604 g/mol. The summed E-state index contributed by atoms with van der Waals surface area (Å²) in [5.74, 6) is -1.27. The molecule has 0 bridgehead atoms. The summed E-state index contributed by atoms with van der Waals surface area (Å²) in [7, 11) is 0. The maximum absolute atomic E-state index is 13.6. The standard InChI is InChI=1S/C39H45N3O3/c1-37(2,3)28-13-10-16-31(22-28)40-34(43)25-19-26(35(44)41-32-17-11-14-29(23-32)38(4,5)6)21-27(20-25)36(45)42-33-18-12-15-30(24-33)39(7,8)9/h10-24H,1-9H3,(H,40,43)(H,41,44)(H,42,45). The van der Waals surface area contributed by atoms with Crippen molar-refractivity contribution in [3.05, 3.63) is 124 Å². The summed E-state index contributed by atoms with van der Waals surface area (Å²) in [5, 5.41) is 8.84. The van der Waals surface area contributed by atoms with Gasteiger partial charge in [-0.1, -0.05) is 98.7 Å². The zero-order valence-corrected chi connectivity index (χ0v) is 27.9. The second kappa shape index (κ2) is 12.7. The summed E-state index contributed by atoms with van der Waals surface area (Å²) in [5.41, 5.74) is 5.40. The summed E-state index contributed by atoms with van der Waals surface area (Å²) in [6.45, 7) is 19.0. The molecule has 4 aromatic carbocycles. The van der Waals surface area contributed by atoms with Gasteiger partial charge in [-0.15, -0.1) is 0 Å². The number of rotatable bonds is 6. The van der Waals surface area contributed by atoms with E-state index < -0.39 is 17.7 Å². The zero-order chi connectivity index (χ0) is 33.2. The van der Waals surface area contributed by atoms with Crippen LogP contribution in [0.25, 0.3) is 0 Å². The lowest BCUT2D eigenvalue weighted by Gasteiger charge is -2.20. The van der Waals surface area contributed by atoms with Crippen molar-refractivity contribution in [1.29, 1.82) is 0 Å². The van der Waals surface area contributed by atoms with Crippen molar-refractivity contribution >= 4 is 34.8 Å². The number of carbonyl (C=O) groups is 3. The molecule has 0 spiro atoms. The van der Waals surface area contributed by atoms with Gasteiger partial charge in [-0.2, -0.15) is 0 Å². The van der Waals surface area contributed by atoms with Crippen molar-refractivity contribution in [2.24, 2.45) is 0 Å². The van der Waals surface area contributed by atoms with Crippen molar-refractivity contribution in [2.75, 3.05) is 16.0 Å². The molecule has 0 aliphatic heterocycles. The van der Waals surface area contributed by atoms with Crippen LogP contribution in [-0.2, 0) is 16.2 Å². The molecule has 0 fully saturated rings. The van der Waals surface area contributed by atoms with Crippen molar-refractivity contribution < 1.29 is 14.4 Å². The van der Waals surface area contributed by atoms with E-state index in [1.807, 2.05) is 72.8 Å². The van der Waals surface area contributed by atoms with Gasteiger partial charge >= 0.3 is 0 Å². The van der Waals surface area contributed by atoms with Gasteiger partial charge in [0.25, 0.3) is 17.7 Å². The first-order valence-electron chi connectivity index (χ1n) is 15.3. The fourth-order valence-electron chi connectivity index (χ4n) is 4.82. The molecule has 0 saturated carbocycles. The van der Waals surface area contributed by atoms with Gasteiger partial charge in [-0.05, 0) is 87.5 Å². The maximum atomic E-state index is 13.6. The molecule has 0 aliphatic carbocycles. The Labute approximate surface area is 267 Å². The van der Waals surface area contributed by atoms with Crippen LogP contribution in [0.2, 0.25) is 0 Å². The number of anilines is 3. The molecule has 4 rings (SSSR count). The van der Waals surface area contributed by atoms with E-state index in [9.17, 15) is 14.4 Å². The van der Waals surface area contributed by atoms with Crippen molar-refractivity contribution in [3.63, 3.8) is 0 Å². The minimum Gasteiger partial charge on any atom is -0.322 e. The summed E-state index contributed by atoms with van der Waals surface area (Å²) in [4.78, 5) is 40.7. The van der Waals surface area contributed by atoms with Crippen LogP contribution in [0.15, 0.2) is 91.0 Å². The van der Waals surface area contributed by atoms with Crippen LogP contribution >= 0.6 is 0 Å². The summed E-state index contributed by atoms with van der Waals surface area (Å²) in [6.07, 6.45) is 0. The van der Waals surface area contributed by atoms with Crippen molar-refractivity contribution in [3.8, 4) is 0 Å². The molecule has 0 saturated heterocycles. The number of hydrogen-bond donors (Lipinski definition) is 3. The first-order valence-corrected chi connectivity index (χ1v) is 15.3. The number of nitrogens with one attached hydrogen (secondary N) is 3. The Morgan fingerprint density at radius 1 is 0.400 bits per heavy atom. The van der Waals surface area contributed by atoms with Gasteiger partial charge in [0.15, 0.2) is 0 Å². The van der Waals surface area contributed by atoms with E-state index in [0.717, 1.165) is 16.7 Å². The van der Waals surface area contributed by atoms with Gasteiger partial charge in [0.05, 0.1) is 0 Å². The minimum absolute atomic E-state index is 0.0986. The van der Waals surface area contributed by atoms with Gasteiger partial charge in [-0.3, -0.25) is 14.4 Å². The smallest absolute Gasteiger partial charge is 0.255 e. The second-order valence-electron chi connectivity index (χ2n) is 14.7. The summed E-state index contributed by atoms with van der Waals surface area (Å²) in [6, 6.07) is 27.6. The van der Waals surface area contributed by atoms with Gasteiger partial charge in [0.1, 0.15) is 0 Å². The van der Waals surface area contributed by atoms with Crippen LogP contribution < -0.4 is 16.0 Å². The molecule has 0 unspecified atom stereocenters. The van der Waals surface area contributed by atoms with Gasteiger partial charge in [0.2, 0.25) is 0 Å². The number of carbonyl (C=O) groups excluding carboxylic acids is 3. The Balaban J connectivity index is 1.69. The largest absolute Gasteiger partial charge is 0.322 e. The molecule has 6 heteroatoms. The molecule has 0 heterocycles. The molecule has 0 radical (unpaired) electrons. The Morgan fingerprint density at radius 3 is 0.867 bits per heavy atom. The molecule has 3 N–H and O–H groups in total. The van der Waals surface area contributed by atoms with E-state index in [1.54, 1.807) is 0 Å². The van der Waals surface area contributed by atoms with E-state index in [2.05, 4.69) is 78.3 Å². The van der Waals surface area contributed by atoms with E-state index in [1.165, 1.54) is 18.2 Å². The zero-order valence-electron chi connectivity index (χ0n) is 27.9. The van der Waals surface area contributed by atoms with E-state index >= 15 is 0 Å². The van der Waals surface area contributed by atoms with E-state index in [0.29, 0.717) is 17.1 Å². The minimum atomic E-state index is -0.422. The third-order valence-corrected chi connectivity index (χ3v) is 7.68. The van der Waals surface area contributed by atoms with Crippen molar-refractivity contribution in [2.45, 2.75) is 78.6 Å². The third-order valence-electron chi connectivity index (χ3n) is 7.68. The lowest BCUT2D eigenvalue weighted by atomic mass is 9.87. The molecule has 0 aromatic heterocycles. The Bertz CT molecular complexity index is 1520. The van der Waals surface area contributed by atoms with Crippen molar-refractivity contribution in [1.82, 2.24) is 0 Å². The highest BCUT2D eigenvalue weighted by Gasteiger charge is 2.20. The molecular formula is C39H45N3O3. The lowest BCUT2D eigenvalue weighted by molar-refractivity contribution is 0.102. The number of amides is 3. The molecule has 3 amide bonds. The molecule has 4 aromatic rings. The number of benzene rings is 4. The Morgan fingerprint density at radius 2 is 0.644 bits per heavy atom. The van der Waals surface area contributed by atoms with Crippen LogP contribution in [0, 0.1) is 0 Å². The SMILES string of the molecule is CC(C)(C)c1cccc(NC(=O)c2cc(C(=O)Nc3cccc(C(C)(C)C)c3)cc(C(=O)Nc3cccc(C(C)(C)C)c3)c2)c1.